The first-order valence-electron chi connectivity index (χ1n) is 5.63. The lowest BCUT2D eigenvalue weighted by Gasteiger charge is -2.07. The van der Waals surface area contributed by atoms with Gasteiger partial charge in [0.15, 0.2) is 0 Å². The lowest BCUT2D eigenvalue weighted by atomic mass is 10.2. The molecule has 1 aromatic heterocycles. The topological polar surface area (TPSA) is 34.1 Å². The van der Waals surface area contributed by atoms with Crippen molar-refractivity contribution >= 4 is 27.3 Å². The molecule has 0 aliphatic rings. The molecule has 96 valence electrons. The van der Waals surface area contributed by atoms with Gasteiger partial charge in [0, 0.05) is 18.5 Å². The summed E-state index contributed by atoms with van der Waals surface area (Å²) in [6.45, 7) is 3.64. The predicted octanol–water partition coefficient (Wildman–Crippen LogP) is 3.51. The quantitative estimate of drug-likeness (QED) is 0.912. The molecule has 5 heteroatoms. The van der Waals surface area contributed by atoms with E-state index in [9.17, 15) is 0 Å². The third-order valence-corrected chi connectivity index (χ3v) is 3.96. The Morgan fingerprint density at radius 1 is 1.39 bits per heavy atom. The molecule has 18 heavy (non-hydrogen) atoms. The third-order valence-electron chi connectivity index (χ3n) is 2.52. The molecule has 0 aliphatic heterocycles. The van der Waals surface area contributed by atoms with E-state index in [1.807, 2.05) is 13.0 Å². The van der Waals surface area contributed by atoms with Crippen LogP contribution in [0.3, 0.4) is 0 Å². The van der Waals surface area contributed by atoms with Crippen LogP contribution < -0.4 is 10.1 Å². The van der Waals surface area contributed by atoms with Gasteiger partial charge >= 0.3 is 0 Å². The van der Waals surface area contributed by atoms with Gasteiger partial charge in [0.05, 0.1) is 22.3 Å². The summed E-state index contributed by atoms with van der Waals surface area (Å²) >= 11 is 5.17. The Morgan fingerprint density at radius 2 is 2.22 bits per heavy atom. The van der Waals surface area contributed by atoms with Crippen molar-refractivity contribution < 1.29 is 4.74 Å². The van der Waals surface area contributed by atoms with Gasteiger partial charge in [-0.05, 0) is 40.5 Å². The van der Waals surface area contributed by atoms with E-state index in [1.54, 1.807) is 18.4 Å². The maximum atomic E-state index is 5.20. The van der Waals surface area contributed by atoms with E-state index in [2.05, 4.69) is 43.7 Å². The van der Waals surface area contributed by atoms with Crippen molar-refractivity contribution in [3.05, 3.63) is 44.3 Å². The lowest BCUT2D eigenvalue weighted by Crippen LogP contribution is -2.12. The van der Waals surface area contributed by atoms with E-state index >= 15 is 0 Å². The number of thiazole rings is 1. The first-order chi connectivity index (χ1) is 8.69. The maximum absolute atomic E-state index is 5.20. The van der Waals surface area contributed by atoms with Gasteiger partial charge in [-0.15, -0.1) is 11.3 Å². The van der Waals surface area contributed by atoms with E-state index in [1.165, 1.54) is 5.56 Å². The molecule has 0 saturated carbocycles. The number of nitrogens with zero attached hydrogens (tertiary/aromatic N) is 1. The molecule has 0 unspecified atom stereocenters. The molecule has 0 spiro atoms. The van der Waals surface area contributed by atoms with Gasteiger partial charge in [-0.1, -0.05) is 6.07 Å². The Morgan fingerprint density at radius 3 is 2.83 bits per heavy atom. The molecular formula is C13H15BrN2OS. The number of halogens is 1. The zero-order valence-corrected chi connectivity index (χ0v) is 12.8. The van der Waals surface area contributed by atoms with Gasteiger partial charge in [0.2, 0.25) is 0 Å². The van der Waals surface area contributed by atoms with Crippen molar-refractivity contribution in [1.29, 1.82) is 0 Å². The average Bonchev–Trinajstić information content (AvgIpc) is 2.75. The molecule has 0 radical (unpaired) electrons. The minimum absolute atomic E-state index is 0.800. The van der Waals surface area contributed by atoms with Crippen LogP contribution in [0, 0.1) is 6.92 Å². The molecule has 3 nitrogen and oxygen atoms in total. The second-order valence-corrected chi connectivity index (χ2v) is 5.85. The second-order valence-electron chi connectivity index (χ2n) is 3.93. The number of aromatic nitrogens is 1. The summed E-state index contributed by atoms with van der Waals surface area (Å²) in [4.78, 5) is 4.41. The first-order valence-corrected chi connectivity index (χ1v) is 7.30. The Hall–Kier alpha value is -0.910. The Balaban J connectivity index is 1.88. The summed E-state index contributed by atoms with van der Waals surface area (Å²) in [7, 11) is 1.67. The molecule has 0 amide bonds. The largest absolute Gasteiger partial charge is 0.496 e. The number of hydrogen-bond acceptors (Lipinski definition) is 4. The van der Waals surface area contributed by atoms with Gasteiger partial charge in [-0.3, -0.25) is 0 Å². The molecule has 2 rings (SSSR count). The van der Waals surface area contributed by atoms with Gasteiger partial charge < -0.3 is 10.1 Å². The van der Waals surface area contributed by atoms with Gasteiger partial charge in [-0.2, -0.15) is 0 Å². The van der Waals surface area contributed by atoms with E-state index in [-0.39, 0.29) is 0 Å². The monoisotopic (exact) mass is 326 g/mol. The average molecular weight is 327 g/mol. The molecule has 1 heterocycles. The normalized spacial score (nSPS) is 10.6. The highest BCUT2D eigenvalue weighted by atomic mass is 79.9. The molecule has 0 aliphatic carbocycles. The van der Waals surface area contributed by atoms with E-state index in [0.29, 0.717) is 0 Å². The number of hydrogen-bond donors (Lipinski definition) is 1. The summed E-state index contributed by atoms with van der Waals surface area (Å²) in [5.74, 6) is 0.855. The van der Waals surface area contributed by atoms with Crippen LogP contribution in [0.1, 0.15) is 16.3 Å². The van der Waals surface area contributed by atoms with Crippen molar-refractivity contribution in [2.24, 2.45) is 0 Å². The van der Waals surface area contributed by atoms with Crippen molar-refractivity contribution in [1.82, 2.24) is 10.3 Å². The van der Waals surface area contributed by atoms with Crippen LogP contribution in [0.15, 0.2) is 28.1 Å². The number of rotatable bonds is 5. The minimum Gasteiger partial charge on any atom is -0.496 e. The van der Waals surface area contributed by atoms with Crippen LogP contribution in [0.4, 0.5) is 0 Å². The van der Waals surface area contributed by atoms with Crippen LogP contribution in [0.25, 0.3) is 0 Å². The van der Waals surface area contributed by atoms with E-state index < -0.39 is 0 Å². The molecule has 1 aromatic carbocycles. The van der Waals surface area contributed by atoms with E-state index in [0.717, 1.165) is 34.0 Å². The Labute approximate surface area is 119 Å². The fraction of sp³-hybridized carbons (Fsp3) is 0.308. The number of nitrogens with one attached hydrogen (secondary N) is 1. The molecule has 0 fully saturated rings. The van der Waals surface area contributed by atoms with Gasteiger partial charge in [0.1, 0.15) is 5.75 Å². The third kappa shape index (κ3) is 3.54. The SMILES string of the molecule is COc1ccc(CNCc2csc(C)n2)cc1Br. The summed E-state index contributed by atoms with van der Waals surface area (Å²) in [6, 6.07) is 6.09. The number of benzene rings is 1. The summed E-state index contributed by atoms with van der Waals surface area (Å²) in [6.07, 6.45) is 0. The zero-order valence-electron chi connectivity index (χ0n) is 10.4. The molecular weight excluding hydrogens is 312 g/mol. The lowest BCUT2D eigenvalue weighted by molar-refractivity contribution is 0.412. The highest BCUT2D eigenvalue weighted by Crippen LogP contribution is 2.25. The van der Waals surface area contributed by atoms with Crippen LogP contribution in [-0.2, 0) is 13.1 Å². The van der Waals surface area contributed by atoms with E-state index in [4.69, 9.17) is 4.74 Å². The highest BCUT2D eigenvalue weighted by molar-refractivity contribution is 9.10. The van der Waals surface area contributed by atoms with Crippen molar-refractivity contribution in [3.63, 3.8) is 0 Å². The zero-order chi connectivity index (χ0) is 13.0. The number of ether oxygens (including phenoxy) is 1. The second kappa shape index (κ2) is 6.31. The smallest absolute Gasteiger partial charge is 0.133 e. The van der Waals surface area contributed by atoms with Gasteiger partial charge in [0.25, 0.3) is 0 Å². The molecule has 0 bridgehead atoms. The molecule has 0 atom stereocenters. The summed E-state index contributed by atoms with van der Waals surface area (Å²) in [5, 5.41) is 6.58. The Bertz CT molecular complexity index is 527. The maximum Gasteiger partial charge on any atom is 0.133 e. The van der Waals surface area contributed by atoms with Crippen molar-refractivity contribution in [3.8, 4) is 5.75 Å². The highest BCUT2D eigenvalue weighted by Gasteiger charge is 2.02. The number of aryl methyl sites for hydroxylation is 1. The van der Waals surface area contributed by atoms with Crippen LogP contribution >= 0.6 is 27.3 Å². The van der Waals surface area contributed by atoms with Crippen LogP contribution in [0.2, 0.25) is 0 Å². The molecule has 1 N–H and O–H groups in total. The van der Waals surface area contributed by atoms with Crippen LogP contribution in [-0.4, -0.2) is 12.1 Å². The Kier molecular flexibility index (Phi) is 4.74. The van der Waals surface area contributed by atoms with Crippen molar-refractivity contribution in [2.45, 2.75) is 20.0 Å². The minimum atomic E-state index is 0.800. The standard InChI is InChI=1S/C13H15BrN2OS/c1-9-16-11(8-18-9)7-15-6-10-3-4-13(17-2)12(14)5-10/h3-5,8,15H,6-7H2,1-2H3. The van der Waals surface area contributed by atoms with Crippen molar-refractivity contribution in [2.75, 3.05) is 7.11 Å². The predicted molar refractivity (Wildman–Crippen MR) is 78.1 cm³/mol. The molecule has 0 saturated heterocycles. The fourth-order valence-corrected chi connectivity index (χ4v) is 2.84. The fourth-order valence-electron chi connectivity index (χ4n) is 1.64. The summed E-state index contributed by atoms with van der Waals surface area (Å²) in [5.41, 5.74) is 2.32. The van der Waals surface area contributed by atoms with Crippen LogP contribution in [0.5, 0.6) is 5.75 Å². The number of methoxy groups -OCH3 is 1. The summed E-state index contributed by atoms with van der Waals surface area (Å²) < 4.78 is 6.18. The van der Waals surface area contributed by atoms with Gasteiger partial charge in [-0.25, -0.2) is 4.98 Å². The first kappa shape index (κ1) is 13.5. The molecule has 2 aromatic rings.